The van der Waals surface area contributed by atoms with E-state index >= 15 is 0 Å². The topological polar surface area (TPSA) is 21.3 Å². The molecule has 1 N–H and O–H groups in total. The Morgan fingerprint density at radius 1 is 1.21 bits per heavy atom. The van der Waals surface area contributed by atoms with E-state index < -0.39 is 0 Å². The minimum Gasteiger partial charge on any atom is -0.382 e. The van der Waals surface area contributed by atoms with Crippen LogP contribution in [-0.2, 0) is 11.2 Å². The lowest BCUT2D eigenvalue weighted by molar-refractivity contribution is -0.0767. The third-order valence-electron chi connectivity index (χ3n) is 4.74. The fraction of sp³-hybridized carbons (Fsp3) is 0.647. The first kappa shape index (κ1) is 13.0. The van der Waals surface area contributed by atoms with Crippen LogP contribution in [0.3, 0.4) is 0 Å². The van der Waals surface area contributed by atoms with E-state index in [4.69, 9.17) is 4.74 Å². The molecule has 2 fully saturated rings. The van der Waals surface area contributed by atoms with Crippen molar-refractivity contribution in [3.05, 3.63) is 29.8 Å². The second-order valence-corrected chi connectivity index (χ2v) is 6.12. The number of hydrogen-bond acceptors (Lipinski definition) is 2. The molecule has 0 bridgehead atoms. The SMILES string of the molecule is CCc1ccc(NC2CCOC3(CCCC3)C2)cc1. The largest absolute Gasteiger partial charge is 0.382 e. The summed E-state index contributed by atoms with van der Waals surface area (Å²) < 4.78 is 6.09. The molecule has 2 aliphatic rings. The molecule has 1 heterocycles. The van der Waals surface area contributed by atoms with Crippen molar-refractivity contribution < 1.29 is 4.74 Å². The van der Waals surface area contributed by atoms with Crippen LogP contribution in [0.4, 0.5) is 5.69 Å². The summed E-state index contributed by atoms with van der Waals surface area (Å²) in [5.41, 5.74) is 2.88. The molecule has 2 nitrogen and oxygen atoms in total. The maximum Gasteiger partial charge on any atom is 0.0702 e. The molecule has 1 saturated carbocycles. The van der Waals surface area contributed by atoms with Crippen LogP contribution < -0.4 is 5.32 Å². The second-order valence-electron chi connectivity index (χ2n) is 6.12. The maximum atomic E-state index is 6.09. The van der Waals surface area contributed by atoms with Crippen molar-refractivity contribution in [3.63, 3.8) is 0 Å². The van der Waals surface area contributed by atoms with Crippen LogP contribution in [0.25, 0.3) is 0 Å². The monoisotopic (exact) mass is 259 g/mol. The van der Waals surface area contributed by atoms with E-state index in [0.717, 1.165) is 19.4 Å². The van der Waals surface area contributed by atoms with Gasteiger partial charge >= 0.3 is 0 Å². The Balaban J connectivity index is 1.62. The van der Waals surface area contributed by atoms with E-state index in [0.29, 0.717) is 6.04 Å². The number of benzene rings is 1. The van der Waals surface area contributed by atoms with E-state index in [1.165, 1.54) is 43.4 Å². The van der Waals surface area contributed by atoms with Gasteiger partial charge in [-0.2, -0.15) is 0 Å². The van der Waals surface area contributed by atoms with E-state index in [-0.39, 0.29) is 5.60 Å². The Morgan fingerprint density at radius 2 is 1.95 bits per heavy atom. The summed E-state index contributed by atoms with van der Waals surface area (Å²) in [4.78, 5) is 0. The molecule has 1 aliphatic carbocycles. The van der Waals surface area contributed by atoms with Crippen molar-refractivity contribution >= 4 is 5.69 Å². The molecule has 104 valence electrons. The number of aryl methyl sites for hydroxylation is 1. The highest BCUT2D eigenvalue weighted by Gasteiger charge is 2.39. The van der Waals surface area contributed by atoms with Gasteiger partial charge in [0.15, 0.2) is 0 Å². The average molecular weight is 259 g/mol. The summed E-state index contributed by atoms with van der Waals surface area (Å²) in [5.74, 6) is 0. The third-order valence-corrected chi connectivity index (χ3v) is 4.74. The maximum absolute atomic E-state index is 6.09. The summed E-state index contributed by atoms with van der Waals surface area (Å²) in [7, 11) is 0. The molecule has 0 amide bonds. The van der Waals surface area contributed by atoms with Crippen LogP contribution in [0.5, 0.6) is 0 Å². The van der Waals surface area contributed by atoms with Crippen LogP contribution in [0.15, 0.2) is 24.3 Å². The standard InChI is InChI=1S/C17H25NO/c1-2-14-5-7-15(8-6-14)18-16-9-12-19-17(13-16)10-3-4-11-17/h5-8,16,18H,2-4,9-13H2,1H3. The van der Waals surface area contributed by atoms with Gasteiger partial charge in [0.1, 0.15) is 0 Å². The fourth-order valence-corrected chi connectivity index (χ4v) is 3.59. The molecular weight excluding hydrogens is 234 g/mol. The number of rotatable bonds is 3. The zero-order chi connectivity index (χ0) is 13.1. The summed E-state index contributed by atoms with van der Waals surface area (Å²) in [6, 6.07) is 9.48. The molecule has 0 radical (unpaired) electrons. The van der Waals surface area contributed by atoms with Gasteiger partial charge in [0, 0.05) is 18.3 Å². The lowest BCUT2D eigenvalue weighted by Gasteiger charge is -2.39. The van der Waals surface area contributed by atoms with E-state index in [9.17, 15) is 0 Å². The molecule has 1 atom stereocenters. The third kappa shape index (κ3) is 2.94. The Kier molecular flexibility index (Phi) is 3.79. The van der Waals surface area contributed by atoms with Crippen molar-refractivity contribution in [2.75, 3.05) is 11.9 Å². The molecule has 1 unspecified atom stereocenters. The van der Waals surface area contributed by atoms with Crippen LogP contribution >= 0.6 is 0 Å². The van der Waals surface area contributed by atoms with Crippen LogP contribution in [0, 0.1) is 0 Å². The molecule has 1 saturated heterocycles. The highest BCUT2D eigenvalue weighted by atomic mass is 16.5. The molecular formula is C17H25NO. The summed E-state index contributed by atoms with van der Waals surface area (Å²) in [6.07, 6.45) is 8.65. The second kappa shape index (κ2) is 5.54. The van der Waals surface area contributed by atoms with Gasteiger partial charge in [-0.3, -0.25) is 0 Å². The first-order valence-electron chi connectivity index (χ1n) is 7.79. The quantitative estimate of drug-likeness (QED) is 0.880. The van der Waals surface area contributed by atoms with Crippen molar-refractivity contribution in [1.29, 1.82) is 0 Å². The van der Waals surface area contributed by atoms with Gasteiger partial charge in [0.2, 0.25) is 0 Å². The summed E-state index contributed by atoms with van der Waals surface area (Å²) in [6.45, 7) is 3.12. The molecule has 0 aromatic heterocycles. The lowest BCUT2D eigenvalue weighted by atomic mass is 9.89. The molecule has 1 aromatic carbocycles. The predicted octanol–water partition coefficient (Wildman–Crippen LogP) is 4.15. The first-order chi connectivity index (χ1) is 9.30. The predicted molar refractivity (Wildman–Crippen MR) is 79.6 cm³/mol. The Morgan fingerprint density at radius 3 is 2.63 bits per heavy atom. The van der Waals surface area contributed by atoms with Crippen LogP contribution in [-0.4, -0.2) is 18.2 Å². The molecule has 2 heteroatoms. The number of anilines is 1. The Bertz CT molecular complexity index is 406. The van der Waals surface area contributed by atoms with Crippen molar-refractivity contribution in [1.82, 2.24) is 0 Å². The summed E-state index contributed by atoms with van der Waals surface area (Å²) in [5, 5.41) is 3.70. The average Bonchev–Trinajstić information content (AvgIpc) is 2.88. The molecule has 1 spiro atoms. The van der Waals surface area contributed by atoms with Gasteiger partial charge in [-0.1, -0.05) is 31.9 Å². The number of hydrogen-bond donors (Lipinski definition) is 1. The van der Waals surface area contributed by atoms with Gasteiger partial charge in [-0.05, 0) is 49.8 Å². The zero-order valence-electron chi connectivity index (χ0n) is 12.0. The van der Waals surface area contributed by atoms with Gasteiger partial charge in [0.05, 0.1) is 5.60 Å². The Hall–Kier alpha value is -1.02. The fourth-order valence-electron chi connectivity index (χ4n) is 3.59. The van der Waals surface area contributed by atoms with Crippen LogP contribution in [0.2, 0.25) is 0 Å². The van der Waals surface area contributed by atoms with Gasteiger partial charge < -0.3 is 10.1 Å². The normalized spacial score (nSPS) is 25.6. The van der Waals surface area contributed by atoms with Crippen molar-refractivity contribution in [2.24, 2.45) is 0 Å². The minimum absolute atomic E-state index is 0.208. The molecule has 1 aromatic rings. The van der Waals surface area contributed by atoms with Crippen molar-refractivity contribution in [2.45, 2.75) is 63.5 Å². The molecule has 19 heavy (non-hydrogen) atoms. The van der Waals surface area contributed by atoms with E-state index in [1.54, 1.807) is 0 Å². The molecule has 3 rings (SSSR count). The smallest absolute Gasteiger partial charge is 0.0702 e. The number of nitrogens with one attached hydrogen (secondary N) is 1. The lowest BCUT2D eigenvalue weighted by Crippen LogP contribution is -2.42. The van der Waals surface area contributed by atoms with Crippen molar-refractivity contribution in [3.8, 4) is 0 Å². The Labute approximate surface area is 116 Å². The van der Waals surface area contributed by atoms with Gasteiger partial charge in [0.25, 0.3) is 0 Å². The van der Waals surface area contributed by atoms with Gasteiger partial charge in [-0.15, -0.1) is 0 Å². The number of ether oxygens (including phenoxy) is 1. The highest BCUT2D eigenvalue weighted by Crippen LogP contribution is 2.40. The molecule has 1 aliphatic heterocycles. The van der Waals surface area contributed by atoms with E-state index in [2.05, 4.69) is 36.5 Å². The van der Waals surface area contributed by atoms with Gasteiger partial charge in [-0.25, -0.2) is 0 Å². The zero-order valence-corrected chi connectivity index (χ0v) is 12.0. The first-order valence-corrected chi connectivity index (χ1v) is 7.79. The minimum atomic E-state index is 0.208. The highest BCUT2D eigenvalue weighted by molar-refractivity contribution is 5.45. The van der Waals surface area contributed by atoms with Crippen LogP contribution in [0.1, 0.15) is 51.0 Å². The summed E-state index contributed by atoms with van der Waals surface area (Å²) >= 11 is 0. The van der Waals surface area contributed by atoms with E-state index in [1.807, 2.05) is 0 Å².